The summed E-state index contributed by atoms with van der Waals surface area (Å²) in [5.41, 5.74) is 1.21. The zero-order valence-corrected chi connectivity index (χ0v) is 17.3. The molecule has 2 heterocycles. The first-order valence-corrected chi connectivity index (χ1v) is 12.2. The Balaban J connectivity index is 1.48. The van der Waals surface area contributed by atoms with Crippen molar-refractivity contribution in [3.63, 3.8) is 0 Å². The first-order chi connectivity index (χ1) is 13.1. The molecule has 1 aromatic rings. The molecule has 0 amide bonds. The zero-order valence-electron chi connectivity index (χ0n) is 15.7. The van der Waals surface area contributed by atoms with Crippen LogP contribution in [0.1, 0.15) is 12.5 Å². The third-order valence-electron chi connectivity index (χ3n) is 4.53. The summed E-state index contributed by atoms with van der Waals surface area (Å²) in [6, 6.07) is 8.04. The number of hydrogen-bond acceptors (Lipinski definition) is 5. The second-order valence-corrected chi connectivity index (χ2v) is 9.84. The predicted molar refractivity (Wildman–Crippen MR) is 111 cm³/mol. The number of sulfonamides is 1. The third kappa shape index (κ3) is 5.76. The van der Waals surface area contributed by atoms with E-state index in [2.05, 4.69) is 21.7 Å². The zero-order chi connectivity index (χ0) is 19.1. The maximum absolute atomic E-state index is 12.4. The van der Waals surface area contributed by atoms with Gasteiger partial charge in [0.05, 0.1) is 12.3 Å². The van der Waals surface area contributed by atoms with Gasteiger partial charge in [-0.3, -0.25) is 0 Å². The highest BCUT2D eigenvalue weighted by molar-refractivity contribution is 7.99. The van der Waals surface area contributed by atoms with Gasteiger partial charge in [0.15, 0.2) is 5.96 Å². The van der Waals surface area contributed by atoms with Crippen LogP contribution < -0.4 is 15.4 Å². The normalized spacial score (nSPS) is 20.8. The van der Waals surface area contributed by atoms with E-state index in [9.17, 15) is 8.42 Å². The highest BCUT2D eigenvalue weighted by Crippen LogP contribution is 2.28. The van der Waals surface area contributed by atoms with Crippen molar-refractivity contribution < 1.29 is 13.2 Å². The van der Waals surface area contributed by atoms with E-state index in [1.165, 1.54) is 5.56 Å². The van der Waals surface area contributed by atoms with Gasteiger partial charge in [-0.15, -0.1) is 0 Å². The van der Waals surface area contributed by atoms with E-state index in [0.717, 1.165) is 23.7 Å². The summed E-state index contributed by atoms with van der Waals surface area (Å²) < 4.78 is 32.3. The smallest absolute Gasteiger partial charge is 0.215 e. The molecule has 27 heavy (non-hydrogen) atoms. The molecule has 1 aromatic carbocycles. The Kier molecular flexibility index (Phi) is 7.26. The van der Waals surface area contributed by atoms with Crippen LogP contribution >= 0.6 is 11.8 Å². The van der Waals surface area contributed by atoms with Gasteiger partial charge in [-0.2, -0.15) is 11.8 Å². The summed E-state index contributed by atoms with van der Waals surface area (Å²) in [5.74, 6) is 3.39. The molecule has 1 fully saturated rings. The molecule has 150 valence electrons. The lowest BCUT2D eigenvalue weighted by Crippen LogP contribution is -2.44. The topological polar surface area (TPSA) is 83.0 Å². The Morgan fingerprint density at radius 3 is 2.81 bits per heavy atom. The molecule has 7 nitrogen and oxygen atoms in total. The summed E-state index contributed by atoms with van der Waals surface area (Å²) in [5, 5.41) is 6.30. The van der Waals surface area contributed by atoms with Gasteiger partial charge >= 0.3 is 0 Å². The van der Waals surface area contributed by atoms with Gasteiger partial charge in [0.2, 0.25) is 10.0 Å². The van der Waals surface area contributed by atoms with Crippen LogP contribution in [0.5, 0.6) is 5.75 Å². The van der Waals surface area contributed by atoms with E-state index in [0.29, 0.717) is 38.7 Å². The van der Waals surface area contributed by atoms with E-state index < -0.39 is 10.0 Å². The Hall–Kier alpha value is -1.45. The Labute approximate surface area is 166 Å². The fraction of sp³-hybridized carbons (Fsp3) is 0.611. The second-order valence-electron chi connectivity index (χ2n) is 6.53. The van der Waals surface area contributed by atoms with Crippen LogP contribution in [0.4, 0.5) is 0 Å². The van der Waals surface area contributed by atoms with E-state index in [-0.39, 0.29) is 11.9 Å². The SMILES string of the molecule is CCNC(=NCC1Cc2ccccc2O1)NCCS(=O)(=O)N1CCSCC1. The summed E-state index contributed by atoms with van der Waals surface area (Å²) in [6.45, 7) is 4.79. The molecule has 3 rings (SSSR count). The fourth-order valence-corrected chi connectivity index (χ4v) is 5.63. The highest BCUT2D eigenvalue weighted by Gasteiger charge is 2.24. The largest absolute Gasteiger partial charge is 0.488 e. The van der Waals surface area contributed by atoms with E-state index in [1.54, 1.807) is 16.1 Å². The summed E-state index contributed by atoms with van der Waals surface area (Å²) in [7, 11) is -3.21. The average molecular weight is 413 g/mol. The van der Waals surface area contributed by atoms with Gasteiger partial charge in [-0.25, -0.2) is 17.7 Å². The van der Waals surface area contributed by atoms with Crippen LogP contribution in [0.15, 0.2) is 29.3 Å². The van der Waals surface area contributed by atoms with Crippen LogP contribution in [-0.4, -0.2) is 74.8 Å². The number of rotatable bonds is 7. The lowest BCUT2D eigenvalue weighted by molar-refractivity contribution is 0.241. The van der Waals surface area contributed by atoms with Crippen molar-refractivity contribution in [1.82, 2.24) is 14.9 Å². The average Bonchev–Trinajstić information content (AvgIpc) is 3.10. The van der Waals surface area contributed by atoms with Gasteiger partial charge in [-0.05, 0) is 18.6 Å². The van der Waals surface area contributed by atoms with Gasteiger partial charge < -0.3 is 15.4 Å². The van der Waals surface area contributed by atoms with Crippen LogP contribution in [0.25, 0.3) is 0 Å². The standard InChI is InChI=1S/C18H28N4O3S2/c1-2-19-18(20-7-12-27(23,24)22-8-10-26-11-9-22)21-14-16-13-15-5-3-4-6-17(15)25-16/h3-6,16H,2,7-14H2,1H3,(H2,19,20,21). The molecular formula is C18H28N4O3S2. The number of nitrogens with zero attached hydrogens (tertiary/aromatic N) is 2. The molecule has 9 heteroatoms. The summed E-state index contributed by atoms with van der Waals surface area (Å²) >= 11 is 1.80. The molecule has 0 spiro atoms. The maximum atomic E-state index is 12.4. The fourth-order valence-electron chi connectivity index (χ4n) is 3.14. The maximum Gasteiger partial charge on any atom is 0.215 e. The molecule has 2 aliphatic heterocycles. The minimum atomic E-state index is -3.21. The van der Waals surface area contributed by atoms with Gasteiger partial charge in [0.25, 0.3) is 0 Å². The van der Waals surface area contributed by atoms with Crippen molar-refractivity contribution in [1.29, 1.82) is 0 Å². The van der Waals surface area contributed by atoms with E-state index in [1.807, 2.05) is 25.1 Å². The van der Waals surface area contributed by atoms with Gasteiger partial charge in [0.1, 0.15) is 11.9 Å². The summed E-state index contributed by atoms with van der Waals surface area (Å²) in [4.78, 5) is 4.57. The number of guanidine groups is 1. The summed E-state index contributed by atoms with van der Waals surface area (Å²) in [6.07, 6.45) is 0.868. The minimum absolute atomic E-state index is 0.0208. The van der Waals surface area contributed by atoms with Crippen LogP contribution in [0.2, 0.25) is 0 Å². The molecule has 2 N–H and O–H groups in total. The monoisotopic (exact) mass is 412 g/mol. The van der Waals surface area contributed by atoms with Gasteiger partial charge in [0, 0.05) is 44.1 Å². The van der Waals surface area contributed by atoms with Crippen molar-refractivity contribution in [2.75, 3.05) is 50.0 Å². The van der Waals surface area contributed by atoms with Crippen molar-refractivity contribution in [3.05, 3.63) is 29.8 Å². The quantitative estimate of drug-likeness (QED) is 0.512. The molecule has 0 aliphatic carbocycles. The number of nitrogens with one attached hydrogen (secondary N) is 2. The number of benzene rings is 1. The number of hydrogen-bond donors (Lipinski definition) is 2. The second kappa shape index (κ2) is 9.66. The molecule has 0 aromatic heterocycles. The van der Waals surface area contributed by atoms with Crippen LogP contribution in [0, 0.1) is 0 Å². The van der Waals surface area contributed by atoms with Crippen molar-refractivity contribution in [3.8, 4) is 5.75 Å². The number of aliphatic imine (C=N–C) groups is 1. The lowest BCUT2D eigenvalue weighted by atomic mass is 10.1. The van der Waals surface area contributed by atoms with E-state index >= 15 is 0 Å². The minimum Gasteiger partial charge on any atom is -0.488 e. The Morgan fingerprint density at radius 1 is 1.30 bits per heavy atom. The van der Waals surface area contributed by atoms with Crippen molar-refractivity contribution in [2.24, 2.45) is 4.99 Å². The van der Waals surface area contributed by atoms with Crippen LogP contribution in [-0.2, 0) is 16.4 Å². The number of thioether (sulfide) groups is 1. The molecule has 0 radical (unpaired) electrons. The van der Waals surface area contributed by atoms with Crippen molar-refractivity contribution >= 4 is 27.7 Å². The molecule has 1 atom stereocenters. The van der Waals surface area contributed by atoms with Gasteiger partial charge in [-0.1, -0.05) is 18.2 Å². The molecule has 1 saturated heterocycles. The number of ether oxygens (including phenoxy) is 1. The van der Waals surface area contributed by atoms with E-state index in [4.69, 9.17) is 4.74 Å². The number of fused-ring (bicyclic) bond motifs is 1. The highest BCUT2D eigenvalue weighted by atomic mass is 32.2. The lowest BCUT2D eigenvalue weighted by Gasteiger charge is -2.25. The van der Waals surface area contributed by atoms with Crippen LogP contribution in [0.3, 0.4) is 0 Å². The Bertz CT molecular complexity index is 724. The molecule has 0 saturated carbocycles. The first-order valence-electron chi connectivity index (χ1n) is 9.41. The first kappa shape index (κ1) is 20.3. The molecule has 0 bridgehead atoms. The third-order valence-corrected chi connectivity index (χ3v) is 7.34. The molecule has 2 aliphatic rings. The Morgan fingerprint density at radius 2 is 2.07 bits per heavy atom. The molecular weight excluding hydrogens is 384 g/mol. The number of para-hydroxylation sites is 1. The predicted octanol–water partition coefficient (Wildman–Crippen LogP) is 0.924. The van der Waals surface area contributed by atoms with Crippen molar-refractivity contribution in [2.45, 2.75) is 19.4 Å². The molecule has 1 unspecified atom stereocenters.